The maximum absolute atomic E-state index is 11.8. The quantitative estimate of drug-likeness (QED) is 0.835. The average Bonchev–Trinajstić information content (AvgIpc) is 2.63. The monoisotopic (exact) mass is 311 g/mol. The van der Waals surface area contributed by atoms with E-state index >= 15 is 0 Å². The Labute approximate surface area is 125 Å². The molecule has 2 atom stereocenters. The smallest absolute Gasteiger partial charge is 0.308 e. The van der Waals surface area contributed by atoms with E-state index in [9.17, 15) is 18.3 Å². The van der Waals surface area contributed by atoms with Crippen LogP contribution in [0.4, 0.5) is 5.69 Å². The summed E-state index contributed by atoms with van der Waals surface area (Å²) in [5.74, 6) is -1.29. The third-order valence-electron chi connectivity index (χ3n) is 3.96. The summed E-state index contributed by atoms with van der Waals surface area (Å²) in [4.78, 5) is 11.7. The lowest BCUT2D eigenvalue weighted by atomic mass is 9.94. The molecule has 21 heavy (non-hydrogen) atoms. The van der Waals surface area contributed by atoms with E-state index in [0.717, 1.165) is 31.9 Å². The molecule has 1 aliphatic carbocycles. The van der Waals surface area contributed by atoms with Crippen molar-refractivity contribution in [3.63, 3.8) is 0 Å². The van der Waals surface area contributed by atoms with E-state index in [1.807, 2.05) is 0 Å². The van der Waals surface area contributed by atoms with Crippen LogP contribution in [0, 0.1) is 5.92 Å². The average molecular weight is 311 g/mol. The number of nitrogens with one attached hydrogen (secondary N) is 1. The topological polar surface area (TPSA) is 83.5 Å². The summed E-state index contributed by atoms with van der Waals surface area (Å²) < 4.78 is 23.6. The number of sulfone groups is 1. The van der Waals surface area contributed by atoms with Crippen molar-refractivity contribution in [2.45, 2.75) is 43.0 Å². The number of aliphatic carboxylic acids is 1. The largest absolute Gasteiger partial charge is 0.481 e. The molecular formula is C15H21NO4S. The molecule has 1 aromatic carbocycles. The number of carbonyl (C=O) groups is 1. The molecule has 2 rings (SSSR count). The molecule has 0 aromatic heterocycles. The van der Waals surface area contributed by atoms with Crippen LogP contribution in [0.25, 0.3) is 0 Å². The van der Waals surface area contributed by atoms with Crippen LogP contribution in [-0.4, -0.2) is 31.8 Å². The summed E-state index contributed by atoms with van der Waals surface area (Å²) in [5.41, 5.74) is 0.498. The number of anilines is 1. The van der Waals surface area contributed by atoms with Crippen molar-refractivity contribution in [3.8, 4) is 0 Å². The Morgan fingerprint density at radius 2 is 1.86 bits per heavy atom. The van der Waals surface area contributed by atoms with Crippen molar-refractivity contribution in [2.75, 3.05) is 11.6 Å². The zero-order valence-electron chi connectivity index (χ0n) is 12.1. The van der Waals surface area contributed by atoms with E-state index in [1.54, 1.807) is 24.3 Å². The van der Waals surface area contributed by atoms with Gasteiger partial charge in [-0.15, -0.1) is 0 Å². The Hall–Kier alpha value is -1.56. The summed E-state index contributed by atoms with van der Waals surface area (Å²) in [6.45, 7) is 0. The first kappa shape index (κ1) is 15.8. The van der Waals surface area contributed by atoms with Crippen LogP contribution in [0.15, 0.2) is 29.2 Å². The van der Waals surface area contributed by atoms with Gasteiger partial charge in [0.25, 0.3) is 0 Å². The fourth-order valence-corrected chi connectivity index (χ4v) is 3.74. The summed E-state index contributed by atoms with van der Waals surface area (Å²) in [7, 11) is -3.34. The lowest BCUT2D eigenvalue weighted by Crippen LogP contribution is -2.34. The summed E-state index contributed by atoms with van der Waals surface area (Å²) in [6.07, 6.45) is 5.43. The van der Waals surface area contributed by atoms with Gasteiger partial charge in [0, 0.05) is 12.3 Å². The molecule has 6 heteroatoms. The molecule has 1 aliphatic rings. The van der Waals surface area contributed by atoms with E-state index in [4.69, 9.17) is 0 Å². The fraction of sp³-hybridized carbons (Fsp3) is 0.533. The van der Waals surface area contributed by atoms with Crippen molar-refractivity contribution in [1.82, 2.24) is 0 Å². The van der Waals surface area contributed by atoms with Crippen LogP contribution in [0.1, 0.15) is 32.1 Å². The highest BCUT2D eigenvalue weighted by atomic mass is 32.2. The summed E-state index contributed by atoms with van der Waals surface area (Å²) >= 11 is 0. The van der Waals surface area contributed by atoms with Gasteiger partial charge in [-0.3, -0.25) is 4.79 Å². The van der Waals surface area contributed by atoms with Crippen molar-refractivity contribution in [3.05, 3.63) is 24.3 Å². The molecule has 116 valence electrons. The summed E-state index contributed by atoms with van der Waals surface area (Å²) in [6, 6.07) is 6.44. The van der Waals surface area contributed by atoms with E-state index in [-0.39, 0.29) is 10.9 Å². The number of hydrogen-bond acceptors (Lipinski definition) is 4. The van der Waals surface area contributed by atoms with Gasteiger partial charge in [0.2, 0.25) is 0 Å². The second-order valence-corrected chi connectivity index (χ2v) is 7.59. The number of benzene rings is 1. The predicted molar refractivity (Wildman–Crippen MR) is 81.2 cm³/mol. The molecule has 5 nitrogen and oxygen atoms in total. The molecule has 0 saturated heterocycles. The normalized spacial score (nSPS) is 23.3. The van der Waals surface area contributed by atoms with Crippen LogP contribution in [0.3, 0.4) is 0 Å². The number of rotatable bonds is 4. The van der Waals surface area contributed by atoms with Gasteiger partial charge in [-0.25, -0.2) is 8.42 Å². The van der Waals surface area contributed by atoms with Gasteiger partial charge >= 0.3 is 5.97 Å². The minimum Gasteiger partial charge on any atom is -0.481 e. The number of hydrogen-bond donors (Lipinski definition) is 2. The van der Waals surface area contributed by atoms with Crippen molar-refractivity contribution < 1.29 is 18.3 Å². The molecule has 0 bridgehead atoms. The first-order valence-corrected chi connectivity index (χ1v) is 9.07. The fourth-order valence-electron chi connectivity index (χ4n) is 2.88. The van der Waals surface area contributed by atoms with Crippen LogP contribution in [-0.2, 0) is 14.6 Å². The van der Waals surface area contributed by atoms with Crippen molar-refractivity contribution in [2.24, 2.45) is 5.92 Å². The van der Waals surface area contributed by atoms with Gasteiger partial charge in [0.05, 0.1) is 16.5 Å². The zero-order valence-corrected chi connectivity index (χ0v) is 12.9. The maximum atomic E-state index is 11.8. The van der Waals surface area contributed by atoms with Gasteiger partial charge < -0.3 is 10.4 Å². The molecule has 1 aromatic rings. The SMILES string of the molecule is CS(=O)(=O)c1ccccc1NC1CCCCCC1C(=O)O. The molecule has 2 unspecified atom stereocenters. The van der Waals surface area contributed by atoms with Gasteiger partial charge in [-0.1, -0.05) is 31.4 Å². The molecule has 0 amide bonds. The highest BCUT2D eigenvalue weighted by Crippen LogP contribution is 2.29. The molecule has 1 saturated carbocycles. The first-order valence-electron chi connectivity index (χ1n) is 7.18. The van der Waals surface area contributed by atoms with Gasteiger partial charge in [0.15, 0.2) is 9.84 Å². The predicted octanol–water partition coefficient (Wildman–Crippen LogP) is 2.54. The second kappa shape index (κ2) is 6.47. The third-order valence-corrected chi connectivity index (χ3v) is 5.12. The lowest BCUT2D eigenvalue weighted by Gasteiger charge is -2.25. The highest BCUT2D eigenvalue weighted by molar-refractivity contribution is 7.90. The van der Waals surface area contributed by atoms with Crippen LogP contribution in [0.5, 0.6) is 0 Å². The maximum Gasteiger partial charge on any atom is 0.308 e. The number of para-hydroxylation sites is 1. The van der Waals surface area contributed by atoms with Gasteiger partial charge in [0.1, 0.15) is 0 Å². The van der Waals surface area contributed by atoms with Crippen molar-refractivity contribution >= 4 is 21.5 Å². The standard InChI is InChI=1S/C15H21NO4S/c1-21(19,20)14-10-6-5-9-13(14)16-12-8-4-2-3-7-11(12)15(17)18/h5-6,9-12,16H,2-4,7-8H2,1H3,(H,17,18). The number of carboxylic acids is 1. The Morgan fingerprint density at radius 1 is 1.19 bits per heavy atom. The van der Waals surface area contributed by atoms with Crippen LogP contribution < -0.4 is 5.32 Å². The van der Waals surface area contributed by atoms with E-state index < -0.39 is 21.7 Å². The Balaban J connectivity index is 2.29. The highest BCUT2D eigenvalue weighted by Gasteiger charge is 2.30. The van der Waals surface area contributed by atoms with E-state index in [2.05, 4.69) is 5.32 Å². The summed E-state index contributed by atoms with van der Waals surface area (Å²) in [5, 5.41) is 12.6. The third kappa shape index (κ3) is 3.97. The minimum atomic E-state index is -3.34. The molecule has 0 heterocycles. The molecular weight excluding hydrogens is 290 g/mol. The Kier molecular flexibility index (Phi) is 4.88. The van der Waals surface area contributed by atoms with E-state index in [1.165, 1.54) is 0 Å². The molecule has 0 aliphatic heterocycles. The van der Waals surface area contributed by atoms with E-state index in [0.29, 0.717) is 12.1 Å². The van der Waals surface area contributed by atoms with Crippen molar-refractivity contribution in [1.29, 1.82) is 0 Å². The molecule has 2 N–H and O–H groups in total. The number of carboxylic acid groups (broad SMARTS) is 1. The minimum absolute atomic E-state index is 0.221. The van der Waals surface area contributed by atoms with Crippen LogP contribution >= 0.6 is 0 Å². The first-order chi connectivity index (χ1) is 9.89. The Bertz CT molecular complexity index is 612. The van der Waals surface area contributed by atoms with Crippen LogP contribution in [0.2, 0.25) is 0 Å². The molecule has 1 fully saturated rings. The van der Waals surface area contributed by atoms with Gasteiger partial charge in [-0.2, -0.15) is 0 Å². The zero-order chi connectivity index (χ0) is 15.5. The molecule has 0 spiro atoms. The van der Waals surface area contributed by atoms with Gasteiger partial charge in [-0.05, 0) is 25.0 Å². The molecule has 0 radical (unpaired) electrons. The lowest BCUT2D eigenvalue weighted by molar-refractivity contribution is -0.142. The Morgan fingerprint density at radius 3 is 2.52 bits per heavy atom. The second-order valence-electron chi connectivity index (χ2n) is 5.60.